The predicted octanol–water partition coefficient (Wildman–Crippen LogP) is 4.37. The van der Waals surface area contributed by atoms with Crippen LogP contribution in [0, 0.1) is 0 Å². The van der Waals surface area contributed by atoms with Crippen LogP contribution in [0.2, 0.25) is 0 Å². The second-order valence-corrected chi connectivity index (χ2v) is 5.87. The van der Waals surface area contributed by atoms with E-state index in [1.165, 1.54) is 5.56 Å². The second kappa shape index (κ2) is 9.67. The molecular weight excluding hydrogens is 262 g/mol. The maximum Gasteiger partial charge on any atom is 0.161 e. The van der Waals surface area contributed by atoms with Gasteiger partial charge in [0.2, 0.25) is 0 Å². The molecule has 0 amide bonds. The van der Waals surface area contributed by atoms with Gasteiger partial charge in [0.25, 0.3) is 0 Å². The standard InChI is InChI=1S/C18H31NO2/c1-6-10-20-17-9-8-16(12-18(17)21-11-7-2)15(5)13-19-14(3)4/h8-9,12,14-15,19H,6-7,10-11,13H2,1-5H3. The summed E-state index contributed by atoms with van der Waals surface area (Å²) in [6, 6.07) is 6.83. The minimum atomic E-state index is 0.455. The largest absolute Gasteiger partial charge is 0.490 e. The Morgan fingerprint density at radius 1 is 0.952 bits per heavy atom. The predicted molar refractivity (Wildman–Crippen MR) is 89.6 cm³/mol. The van der Waals surface area contributed by atoms with Crippen LogP contribution >= 0.6 is 0 Å². The van der Waals surface area contributed by atoms with Crippen molar-refractivity contribution in [2.45, 2.75) is 59.4 Å². The van der Waals surface area contributed by atoms with Crippen LogP contribution in [0.25, 0.3) is 0 Å². The Hall–Kier alpha value is -1.22. The molecule has 0 saturated heterocycles. The molecule has 120 valence electrons. The van der Waals surface area contributed by atoms with E-state index < -0.39 is 0 Å². The van der Waals surface area contributed by atoms with Gasteiger partial charge < -0.3 is 14.8 Å². The molecular formula is C18H31NO2. The number of ether oxygens (including phenoxy) is 2. The molecule has 1 unspecified atom stereocenters. The highest BCUT2D eigenvalue weighted by Gasteiger charge is 2.11. The molecule has 3 heteroatoms. The first-order valence-corrected chi connectivity index (χ1v) is 8.21. The van der Waals surface area contributed by atoms with E-state index >= 15 is 0 Å². The summed E-state index contributed by atoms with van der Waals surface area (Å²) in [5.74, 6) is 2.19. The van der Waals surface area contributed by atoms with Crippen molar-refractivity contribution in [3.8, 4) is 11.5 Å². The van der Waals surface area contributed by atoms with E-state index in [0.29, 0.717) is 12.0 Å². The van der Waals surface area contributed by atoms with E-state index in [0.717, 1.165) is 44.1 Å². The third-order valence-electron chi connectivity index (χ3n) is 3.29. The van der Waals surface area contributed by atoms with Gasteiger partial charge in [0, 0.05) is 12.6 Å². The molecule has 1 atom stereocenters. The van der Waals surface area contributed by atoms with Gasteiger partial charge >= 0.3 is 0 Å². The van der Waals surface area contributed by atoms with Crippen LogP contribution in [-0.4, -0.2) is 25.8 Å². The Balaban J connectivity index is 2.81. The van der Waals surface area contributed by atoms with E-state index in [4.69, 9.17) is 9.47 Å². The molecule has 0 aliphatic carbocycles. The SMILES string of the molecule is CCCOc1ccc(C(C)CNC(C)C)cc1OCCC. The average molecular weight is 293 g/mol. The first-order chi connectivity index (χ1) is 10.1. The molecule has 0 radical (unpaired) electrons. The lowest BCUT2D eigenvalue weighted by Gasteiger charge is -2.18. The van der Waals surface area contributed by atoms with Crippen LogP contribution in [0.4, 0.5) is 0 Å². The molecule has 0 aliphatic heterocycles. The first kappa shape index (κ1) is 17.8. The van der Waals surface area contributed by atoms with Gasteiger partial charge in [-0.1, -0.05) is 40.7 Å². The zero-order valence-electron chi connectivity index (χ0n) is 14.2. The summed E-state index contributed by atoms with van der Waals surface area (Å²) in [4.78, 5) is 0. The average Bonchev–Trinajstić information content (AvgIpc) is 2.48. The minimum Gasteiger partial charge on any atom is -0.490 e. The first-order valence-electron chi connectivity index (χ1n) is 8.21. The quantitative estimate of drug-likeness (QED) is 0.695. The van der Waals surface area contributed by atoms with Gasteiger partial charge in [0.1, 0.15) is 0 Å². The number of hydrogen-bond donors (Lipinski definition) is 1. The lowest BCUT2D eigenvalue weighted by atomic mass is 10.0. The van der Waals surface area contributed by atoms with Crippen LogP contribution in [0.3, 0.4) is 0 Å². The Morgan fingerprint density at radius 2 is 1.57 bits per heavy atom. The minimum absolute atomic E-state index is 0.455. The van der Waals surface area contributed by atoms with Crippen LogP contribution in [0.1, 0.15) is 58.9 Å². The summed E-state index contributed by atoms with van der Waals surface area (Å²) in [6.45, 7) is 13.2. The van der Waals surface area contributed by atoms with Crippen LogP contribution in [0.5, 0.6) is 11.5 Å². The Kier molecular flexibility index (Phi) is 8.21. The number of rotatable bonds is 10. The number of nitrogens with one attached hydrogen (secondary N) is 1. The van der Waals surface area contributed by atoms with Crippen molar-refractivity contribution in [3.63, 3.8) is 0 Å². The van der Waals surface area contributed by atoms with E-state index in [1.807, 2.05) is 6.07 Å². The van der Waals surface area contributed by atoms with Crippen molar-refractivity contribution < 1.29 is 9.47 Å². The summed E-state index contributed by atoms with van der Waals surface area (Å²) in [7, 11) is 0. The van der Waals surface area contributed by atoms with Crippen LogP contribution in [0.15, 0.2) is 18.2 Å². The van der Waals surface area contributed by atoms with Gasteiger partial charge in [-0.05, 0) is 36.5 Å². The second-order valence-electron chi connectivity index (χ2n) is 5.87. The number of hydrogen-bond acceptors (Lipinski definition) is 3. The maximum atomic E-state index is 5.85. The van der Waals surface area contributed by atoms with Crippen molar-refractivity contribution in [1.82, 2.24) is 5.32 Å². The number of benzene rings is 1. The normalized spacial score (nSPS) is 12.5. The third-order valence-corrected chi connectivity index (χ3v) is 3.29. The molecule has 0 fully saturated rings. The third kappa shape index (κ3) is 6.38. The van der Waals surface area contributed by atoms with Crippen LogP contribution in [-0.2, 0) is 0 Å². The monoisotopic (exact) mass is 293 g/mol. The van der Waals surface area contributed by atoms with Crippen molar-refractivity contribution in [2.24, 2.45) is 0 Å². The molecule has 0 saturated carbocycles. The molecule has 1 aromatic carbocycles. The van der Waals surface area contributed by atoms with E-state index in [1.54, 1.807) is 0 Å². The topological polar surface area (TPSA) is 30.5 Å². The lowest BCUT2D eigenvalue weighted by Crippen LogP contribution is -2.26. The molecule has 0 spiro atoms. The summed E-state index contributed by atoms with van der Waals surface area (Å²) >= 11 is 0. The van der Waals surface area contributed by atoms with Gasteiger partial charge in [-0.2, -0.15) is 0 Å². The van der Waals surface area contributed by atoms with Crippen molar-refractivity contribution in [1.29, 1.82) is 0 Å². The molecule has 1 rings (SSSR count). The molecule has 3 nitrogen and oxygen atoms in total. The maximum absolute atomic E-state index is 5.85. The van der Waals surface area contributed by atoms with Crippen molar-refractivity contribution in [3.05, 3.63) is 23.8 Å². The smallest absolute Gasteiger partial charge is 0.161 e. The van der Waals surface area contributed by atoms with E-state index in [2.05, 4.69) is 52.1 Å². The zero-order valence-corrected chi connectivity index (χ0v) is 14.2. The van der Waals surface area contributed by atoms with Gasteiger partial charge in [0.15, 0.2) is 11.5 Å². The van der Waals surface area contributed by atoms with E-state index in [9.17, 15) is 0 Å². The molecule has 0 aliphatic rings. The Morgan fingerprint density at radius 3 is 2.14 bits per heavy atom. The van der Waals surface area contributed by atoms with Gasteiger partial charge in [-0.15, -0.1) is 0 Å². The van der Waals surface area contributed by atoms with Crippen LogP contribution < -0.4 is 14.8 Å². The molecule has 0 heterocycles. The molecule has 0 bridgehead atoms. The van der Waals surface area contributed by atoms with E-state index in [-0.39, 0.29) is 0 Å². The fraction of sp³-hybridized carbons (Fsp3) is 0.667. The van der Waals surface area contributed by atoms with Crippen molar-refractivity contribution >= 4 is 0 Å². The molecule has 1 aromatic rings. The Labute approximate surface area is 130 Å². The summed E-state index contributed by atoms with van der Waals surface area (Å²) < 4.78 is 11.6. The highest BCUT2D eigenvalue weighted by molar-refractivity contribution is 5.44. The zero-order chi connectivity index (χ0) is 15.7. The summed E-state index contributed by atoms with van der Waals surface area (Å²) in [6.07, 6.45) is 2.01. The molecule has 0 aromatic heterocycles. The Bertz CT molecular complexity index is 404. The fourth-order valence-corrected chi connectivity index (χ4v) is 2.02. The van der Waals surface area contributed by atoms with Gasteiger partial charge in [-0.25, -0.2) is 0 Å². The van der Waals surface area contributed by atoms with Gasteiger partial charge in [-0.3, -0.25) is 0 Å². The highest BCUT2D eigenvalue weighted by Crippen LogP contribution is 2.31. The summed E-state index contributed by atoms with van der Waals surface area (Å²) in [5, 5.41) is 3.48. The lowest BCUT2D eigenvalue weighted by molar-refractivity contribution is 0.268. The fourth-order valence-electron chi connectivity index (χ4n) is 2.02. The summed E-state index contributed by atoms with van der Waals surface area (Å²) in [5.41, 5.74) is 1.29. The molecule has 1 N–H and O–H groups in total. The van der Waals surface area contributed by atoms with Gasteiger partial charge in [0.05, 0.1) is 13.2 Å². The molecule has 21 heavy (non-hydrogen) atoms. The highest BCUT2D eigenvalue weighted by atomic mass is 16.5. The van der Waals surface area contributed by atoms with Crippen molar-refractivity contribution in [2.75, 3.05) is 19.8 Å².